The van der Waals surface area contributed by atoms with E-state index in [1.165, 1.54) is 24.3 Å². The first-order valence-corrected chi connectivity index (χ1v) is 11.4. The van der Waals surface area contributed by atoms with Gasteiger partial charge in [0.15, 0.2) is 0 Å². The van der Waals surface area contributed by atoms with E-state index in [1.807, 2.05) is 0 Å². The molecule has 2 aromatic rings. The van der Waals surface area contributed by atoms with Crippen LogP contribution in [-0.2, 0) is 29.8 Å². The van der Waals surface area contributed by atoms with Crippen molar-refractivity contribution in [2.75, 3.05) is 0 Å². The molecule has 0 N–H and O–H groups in total. The molecule has 0 saturated carbocycles. The van der Waals surface area contributed by atoms with E-state index in [2.05, 4.69) is 0 Å². The Morgan fingerprint density at radius 1 is 0.515 bits per heavy atom. The Morgan fingerprint density at radius 3 is 1.12 bits per heavy atom. The van der Waals surface area contributed by atoms with Crippen LogP contribution in [0.5, 0.6) is 0 Å². The maximum atomic E-state index is 11.5. The molecule has 10 nitrogen and oxygen atoms in total. The number of benzene rings is 2. The molecule has 0 heterocycles. The van der Waals surface area contributed by atoms with Crippen molar-refractivity contribution in [2.24, 2.45) is 0 Å². The number of Topliss-reactive ketones (excluding diaryl/α,β-unsaturated/α-hetero) is 4. The van der Waals surface area contributed by atoms with Crippen molar-refractivity contribution < 1.29 is 45.1 Å². The van der Waals surface area contributed by atoms with E-state index in [-0.39, 0.29) is 60.0 Å². The topological polar surface area (TPSA) is 183 Å². The van der Waals surface area contributed by atoms with Crippen LogP contribution in [-0.4, -0.2) is 86.8 Å². The summed E-state index contributed by atoms with van der Waals surface area (Å²) < 4.78 is 64.5. The number of rotatable bonds is 2. The standard InChI is InChI=1S/2C10H6O5S.Ca/c2*11-9-7-4-2-1-3-6(7)5-8(10(9)12)16(13,14)15;/h2*1-5H,(H,13,14,15);/q;;+2/p-2. The van der Waals surface area contributed by atoms with Gasteiger partial charge >= 0.3 is 37.7 Å². The minimum atomic E-state index is -4.91. The fraction of sp³-hybridized carbons (Fsp3) is 0. The van der Waals surface area contributed by atoms with Gasteiger partial charge < -0.3 is 9.11 Å². The van der Waals surface area contributed by atoms with E-state index >= 15 is 0 Å². The van der Waals surface area contributed by atoms with Crippen molar-refractivity contribution in [3.63, 3.8) is 0 Å². The molecule has 13 heteroatoms. The molecule has 4 rings (SSSR count). The molecule has 0 radical (unpaired) electrons. The third-order valence-electron chi connectivity index (χ3n) is 4.38. The zero-order valence-corrected chi connectivity index (χ0v) is 20.2. The third kappa shape index (κ3) is 5.61. The molecule has 0 bridgehead atoms. The van der Waals surface area contributed by atoms with Crippen LogP contribution in [0.15, 0.2) is 58.3 Å². The molecule has 0 fully saturated rings. The number of carbonyl (C=O) groups is 4. The van der Waals surface area contributed by atoms with Gasteiger partial charge in [0, 0.05) is 11.1 Å². The number of hydrogen-bond acceptors (Lipinski definition) is 10. The summed E-state index contributed by atoms with van der Waals surface area (Å²) in [5.41, 5.74) is 0.753. The smallest absolute Gasteiger partial charge is 0.744 e. The largest absolute Gasteiger partial charge is 2.00 e. The van der Waals surface area contributed by atoms with Crippen molar-refractivity contribution in [2.45, 2.75) is 0 Å². The zero-order chi connectivity index (χ0) is 23.8. The molecule has 0 saturated heterocycles. The first kappa shape index (κ1) is 26.9. The molecule has 2 aromatic carbocycles. The average molecular weight is 515 g/mol. The first-order valence-electron chi connectivity index (χ1n) is 8.53. The van der Waals surface area contributed by atoms with Gasteiger partial charge in [0.05, 0.1) is 0 Å². The predicted molar refractivity (Wildman–Crippen MR) is 113 cm³/mol. The fourth-order valence-corrected chi connectivity index (χ4v) is 4.09. The molecule has 0 atom stereocenters. The van der Waals surface area contributed by atoms with Gasteiger partial charge in [-0.2, -0.15) is 0 Å². The van der Waals surface area contributed by atoms with Crippen LogP contribution in [0, 0.1) is 0 Å². The number of allylic oxidation sites excluding steroid dienone is 2. The number of hydrogen-bond donors (Lipinski definition) is 0. The Hall–Kier alpha value is -2.32. The molecule has 2 aliphatic rings. The van der Waals surface area contributed by atoms with Crippen molar-refractivity contribution in [3.05, 3.63) is 80.6 Å². The van der Waals surface area contributed by atoms with Crippen LogP contribution in [0.3, 0.4) is 0 Å². The van der Waals surface area contributed by atoms with E-state index in [0.717, 1.165) is 12.2 Å². The summed E-state index contributed by atoms with van der Waals surface area (Å²) in [6, 6.07) is 12.0. The van der Waals surface area contributed by atoms with Crippen molar-refractivity contribution in [3.8, 4) is 0 Å². The van der Waals surface area contributed by atoms with Crippen LogP contribution in [0.25, 0.3) is 12.2 Å². The van der Waals surface area contributed by atoms with Gasteiger partial charge in [0.2, 0.25) is 23.1 Å². The van der Waals surface area contributed by atoms with E-state index in [1.54, 1.807) is 24.3 Å². The van der Waals surface area contributed by atoms with Gasteiger partial charge in [-0.3, -0.25) is 19.2 Å². The fourth-order valence-electron chi connectivity index (χ4n) is 2.91. The van der Waals surface area contributed by atoms with Gasteiger partial charge in [0.1, 0.15) is 30.0 Å². The number of ketones is 4. The minimum Gasteiger partial charge on any atom is -0.744 e. The quantitative estimate of drug-likeness (QED) is 0.307. The van der Waals surface area contributed by atoms with Gasteiger partial charge in [-0.15, -0.1) is 0 Å². The summed E-state index contributed by atoms with van der Waals surface area (Å²) in [5.74, 6) is -4.47. The predicted octanol–water partition coefficient (Wildman–Crippen LogP) is 0.295. The third-order valence-corrected chi connectivity index (χ3v) is 6.07. The minimum absolute atomic E-state index is 0. The molecule has 0 spiro atoms. The molecule has 0 aromatic heterocycles. The summed E-state index contributed by atoms with van der Waals surface area (Å²) in [6.07, 6.45) is 1.86. The number of fused-ring (bicyclic) bond motifs is 2. The summed E-state index contributed by atoms with van der Waals surface area (Å²) in [6.45, 7) is 0. The summed E-state index contributed by atoms with van der Waals surface area (Å²) in [7, 11) is -9.82. The first-order chi connectivity index (χ1) is 14.8. The van der Waals surface area contributed by atoms with E-state index < -0.39 is 53.2 Å². The van der Waals surface area contributed by atoms with Crippen molar-refractivity contribution >= 4 is 93.3 Å². The maximum Gasteiger partial charge on any atom is 2.00 e. The van der Waals surface area contributed by atoms with Crippen LogP contribution >= 0.6 is 0 Å². The van der Waals surface area contributed by atoms with Gasteiger partial charge in [-0.1, -0.05) is 48.5 Å². The zero-order valence-electron chi connectivity index (χ0n) is 16.4. The van der Waals surface area contributed by atoms with Gasteiger partial charge in [0.25, 0.3) is 0 Å². The second-order valence-corrected chi connectivity index (χ2v) is 9.11. The van der Waals surface area contributed by atoms with E-state index in [9.17, 15) is 45.1 Å². The van der Waals surface area contributed by atoms with Gasteiger partial charge in [-0.25, -0.2) is 16.8 Å². The van der Waals surface area contributed by atoms with E-state index in [4.69, 9.17) is 0 Å². The molecule has 164 valence electrons. The second kappa shape index (κ2) is 9.89. The molecule has 0 amide bonds. The van der Waals surface area contributed by atoms with Crippen molar-refractivity contribution in [1.82, 2.24) is 0 Å². The summed E-state index contributed by atoms with van der Waals surface area (Å²) in [4.78, 5) is 43.7. The van der Waals surface area contributed by atoms with E-state index in [0.29, 0.717) is 0 Å². The van der Waals surface area contributed by atoms with Crippen LogP contribution in [0.2, 0.25) is 0 Å². The molecule has 2 aliphatic carbocycles. The monoisotopic (exact) mass is 514 g/mol. The van der Waals surface area contributed by atoms with Crippen LogP contribution < -0.4 is 0 Å². The SMILES string of the molecule is O=C1C(=O)c2ccccc2C=C1S(=O)(=O)[O-].O=C1C(=O)c2ccccc2C=C1S(=O)(=O)[O-].[Ca+2]. The Bertz CT molecular complexity index is 1370. The molecule has 0 aliphatic heterocycles. The summed E-state index contributed by atoms with van der Waals surface area (Å²) >= 11 is 0. The second-order valence-electron chi connectivity index (χ2n) is 6.42. The molecular formula is C20H10CaO10S2. The molecule has 0 unspecified atom stereocenters. The average Bonchev–Trinajstić information content (AvgIpc) is 2.72. The maximum absolute atomic E-state index is 11.5. The Morgan fingerprint density at radius 2 is 0.818 bits per heavy atom. The molecule has 33 heavy (non-hydrogen) atoms. The van der Waals surface area contributed by atoms with Gasteiger partial charge in [-0.05, 0) is 23.3 Å². The number of carbonyl (C=O) groups excluding carboxylic acids is 4. The normalized spacial score (nSPS) is 15.2. The van der Waals surface area contributed by atoms with Crippen molar-refractivity contribution in [1.29, 1.82) is 0 Å². The van der Waals surface area contributed by atoms with Crippen LogP contribution in [0.4, 0.5) is 0 Å². The molecular weight excluding hydrogens is 504 g/mol. The Labute approximate surface area is 217 Å². The van der Waals surface area contributed by atoms with Crippen LogP contribution in [0.1, 0.15) is 31.8 Å². The Kier molecular flexibility index (Phi) is 8.07. The Balaban J connectivity index is 0.000000227. The summed E-state index contributed by atoms with van der Waals surface area (Å²) in [5, 5.41) is 0.